The highest BCUT2D eigenvalue weighted by Crippen LogP contribution is 2.02. The summed E-state index contributed by atoms with van der Waals surface area (Å²) in [6.45, 7) is 5.33. The van der Waals surface area contributed by atoms with Gasteiger partial charge >= 0.3 is 0 Å². The molecule has 1 aromatic rings. The van der Waals surface area contributed by atoms with Gasteiger partial charge in [-0.3, -0.25) is 9.59 Å². The summed E-state index contributed by atoms with van der Waals surface area (Å²) in [5.74, 6) is 0.165. The molecule has 2 amide bonds. The van der Waals surface area contributed by atoms with Crippen molar-refractivity contribution in [3.05, 3.63) is 30.1 Å². The zero-order valence-electron chi connectivity index (χ0n) is 11.7. The minimum Gasteiger partial charge on any atom is -1.00 e. The smallest absolute Gasteiger partial charge is 0.229 e. The lowest BCUT2D eigenvalue weighted by molar-refractivity contribution is -0.696. The minimum absolute atomic E-state index is 0. The predicted molar refractivity (Wildman–Crippen MR) is 70.2 cm³/mol. The molecule has 1 fully saturated rings. The normalized spacial score (nSPS) is 14.7. The highest BCUT2D eigenvalue weighted by molar-refractivity contribution is 5.76. The number of rotatable bonds is 4. The number of aryl methyl sites for hydroxylation is 2. The van der Waals surface area contributed by atoms with E-state index in [1.165, 1.54) is 5.56 Å². The molecule has 1 aromatic heterocycles. The fourth-order valence-corrected chi connectivity index (χ4v) is 2.14. The van der Waals surface area contributed by atoms with Gasteiger partial charge in [0.05, 0.1) is 6.42 Å². The van der Waals surface area contributed by atoms with Crippen molar-refractivity contribution >= 4 is 12.3 Å². The molecule has 0 saturated carbocycles. The van der Waals surface area contributed by atoms with Crippen LogP contribution in [-0.4, -0.2) is 48.3 Å². The van der Waals surface area contributed by atoms with Crippen molar-refractivity contribution in [3.8, 4) is 0 Å². The van der Waals surface area contributed by atoms with E-state index in [1.54, 1.807) is 4.90 Å². The van der Waals surface area contributed by atoms with Crippen LogP contribution in [-0.2, 0) is 16.1 Å². The van der Waals surface area contributed by atoms with E-state index in [0.717, 1.165) is 6.41 Å². The van der Waals surface area contributed by atoms with Crippen LogP contribution in [0.4, 0.5) is 0 Å². The van der Waals surface area contributed by atoms with Gasteiger partial charge in [-0.1, -0.05) is 0 Å². The first-order valence-corrected chi connectivity index (χ1v) is 6.62. The number of carbonyl (C=O) groups is 2. The lowest BCUT2D eigenvalue weighted by atomic mass is 10.2. The van der Waals surface area contributed by atoms with Gasteiger partial charge in [-0.2, -0.15) is 0 Å². The maximum Gasteiger partial charge on any atom is 0.229 e. The monoisotopic (exact) mass is 341 g/mol. The average molecular weight is 342 g/mol. The largest absolute Gasteiger partial charge is 1.00 e. The zero-order valence-corrected chi connectivity index (χ0v) is 13.3. The van der Waals surface area contributed by atoms with Gasteiger partial charge in [-0.25, -0.2) is 4.57 Å². The summed E-state index contributed by atoms with van der Waals surface area (Å²) in [7, 11) is 0. The number of halogens is 1. The van der Waals surface area contributed by atoms with Crippen molar-refractivity contribution in [2.75, 3.05) is 26.2 Å². The Hall–Kier alpha value is -1.43. The number of piperazine rings is 1. The summed E-state index contributed by atoms with van der Waals surface area (Å²) in [5, 5.41) is 0. The first kappa shape index (κ1) is 16.6. The standard InChI is InChI=1S/C14H20N3O2.BrH/c1-13-2-5-15(6-3-13)7-4-14(19)17-10-8-16(12-18)9-11-17;/h2-3,5-6,12H,4,7-11H2,1H3;1H/q+1;/p-1. The van der Waals surface area contributed by atoms with Crippen LogP contribution in [0.3, 0.4) is 0 Å². The second kappa shape index (κ2) is 7.99. The predicted octanol–water partition coefficient (Wildman–Crippen LogP) is -3.02. The third-order valence-corrected chi connectivity index (χ3v) is 3.46. The van der Waals surface area contributed by atoms with Crippen LogP contribution >= 0.6 is 0 Å². The molecule has 6 heteroatoms. The van der Waals surface area contributed by atoms with Crippen LogP contribution in [0.1, 0.15) is 12.0 Å². The van der Waals surface area contributed by atoms with Gasteiger partial charge < -0.3 is 26.8 Å². The zero-order chi connectivity index (χ0) is 13.7. The third-order valence-electron chi connectivity index (χ3n) is 3.46. The van der Waals surface area contributed by atoms with E-state index in [-0.39, 0.29) is 22.9 Å². The molecule has 110 valence electrons. The van der Waals surface area contributed by atoms with Gasteiger partial charge in [0.15, 0.2) is 18.9 Å². The van der Waals surface area contributed by atoms with Crippen LogP contribution in [0.5, 0.6) is 0 Å². The van der Waals surface area contributed by atoms with E-state index >= 15 is 0 Å². The summed E-state index contributed by atoms with van der Waals surface area (Å²) in [6.07, 6.45) is 5.35. The Balaban J connectivity index is 0.00000200. The first-order valence-electron chi connectivity index (χ1n) is 6.62. The number of aromatic nitrogens is 1. The Morgan fingerprint density at radius 3 is 2.40 bits per heavy atom. The molecule has 1 aliphatic heterocycles. The molecule has 1 saturated heterocycles. The summed E-state index contributed by atoms with van der Waals surface area (Å²) in [5.41, 5.74) is 1.22. The van der Waals surface area contributed by atoms with E-state index in [0.29, 0.717) is 39.1 Å². The summed E-state index contributed by atoms with van der Waals surface area (Å²) in [6, 6.07) is 4.07. The molecular formula is C14H20BrN3O2. The SMILES string of the molecule is Cc1cc[n+](CCC(=O)N2CCN(C=O)CC2)cc1.[Br-]. The molecule has 2 heterocycles. The number of amides is 2. The van der Waals surface area contributed by atoms with Crippen LogP contribution in [0.2, 0.25) is 0 Å². The Labute approximate surface area is 129 Å². The lowest BCUT2D eigenvalue weighted by Crippen LogP contribution is -3.00. The minimum atomic E-state index is 0. The molecule has 0 atom stereocenters. The maximum absolute atomic E-state index is 12.0. The third kappa shape index (κ3) is 4.59. The quantitative estimate of drug-likeness (QED) is 0.432. The molecule has 2 rings (SSSR count). The molecule has 0 aromatic carbocycles. The molecule has 0 spiro atoms. The van der Waals surface area contributed by atoms with E-state index in [9.17, 15) is 9.59 Å². The second-order valence-electron chi connectivity index (χ2n) is 4.89. The van der Waals surface area contributed by atoms with E-state index in [4.69, 9.17) is 0 Å². The van der Waals surface area contributed by atoms with Crippen molar-refractivity contribution in [2.24, 2.45) is 0 Å². The van der Waals surface area contributed by atoms with Gasteiger partial charge in [0.25, 0.3) is 0 Å². The van der Waals surface area contributed by atoms with Gasteiger partial charge in [-0.15, -0.1) is 0 Å². The molecule has 0 N–H and O–H groups in total. The highest BCUT2D eigenvalue weighted by atomic mass is 79.9. The van der Waals surface area contributed by atoms with Gasteiger partial charge in [0.2, 0.25) is 12.3 Å². The number of hydrogen-bond acceptors (Lipinski definition) is 2. The van der Waals surface area contributed by atoms with Crippen LogP contribution in [0, 0.1) is 6.92 Å². The fraction of sp³-hybridized carbons (Fsp3) is 0.500. The van der Waals surface area contributed by atoms with Crippen molar-refractivity contribution in [1.29, 1.82) is 0 Å². The summed E-state index contributed by atoms with van der Waals surface area (Å²) >= 11 is 0. The molecule has 20 heavy (non-hydrogen) atoms. The number of hydrogen-bond donors (Lipinski definition) is 0. The van der Waals surface area contributed by atoms with Gasteiger partial charge in [0.1, 0.15) is 0 Å². The van der Waals surface area contributed by atoms with Crippen molar-refractivity contribution < 1.29 is 31.1 Å². The maximum atomic E-state index is 12.0. The topological polar surface area (TPSA) is 44.5 Å². The van der Waals surface area contributed by atoms with E-state index < -0.39 is 0 Å². The molecule has 5 nitrogen and oxygen atoms in total. The average Bonchev–Trinajstić information content (AvgIpc) is 2.46. The van der Waals surface area contributed by atoms with Crippen LogP contribution in [0.25, 0.3) is 0 Å². The Kier molecular flexibility index (Phi) is 6.64. The Bertz CT molecular complexity index is 442. The van der Waals surface area contributed by atoms with Crippen LogP contribution in [0.15, 0.2) is 24.5 Å². The number of carbonyl (C=O) groups excluding carboxylic acids is 2. The number of pyridine rings is 1. The van der Waals surface area contributed by atoms with Crippen molar-refractivity contribution in [2.45, 2.75) is 19.9 Å². The molecule has 0 unspecified atom stereocenters. The Morgan fingerprint density at radius 2 is 1.85 bits per heavy atom. The lowest BCUT2D eigenvalue weighted by Gasteiger charge is -2.32. The van der Waals surface area contributed by atoms with E-state index in [2.05, 4.69) is 0 Å². The molecule has 0 aliphatic carbocycles. The first-order chi connectivity index (χ1) is 9.19. The van der Waals surface area contributed by atoms with Gasteiger partial charge in [0, 0.05) is 38.3 Å². The highest BCUT2D eigenvalue weighted by Gasteiger charge is 2.20. The van der Waals surface area contributed by atoms with Crippen LogP contribution < -0.4 is 21.5 Å². The molecule has 0 bridgehead atoms. The second-order valence-corrected chi connectivity index (χ2v) is 4.89. The summed E-state index contributed by atoms with van der Waals surface area (Å²) in [4.78, 5) is 26.2. The van der Waals surface area contributed by atoms with E-state index in [1.807, 2.05) is 40.9 Å². The van der Waals surface area contributed by atoms with Gasteiger partial charge in [-0.05, 0) is 12.5 Å². The number of nitrogens with zero attached hydrogens (tertiary/aromatic N) is 3. The summed E-state index contributed by atoms with van der Waals surface area (Å²) < 4.78 is 2.02. The van der Waals surface area contributed by atoms with Crippen molar-refractivity contribution in [1.82, 2.24) is 9.80 Å². The molecule has 0 radical (unpaired) electrons. The molecule has 1 aliphatic rings. The van der Waals surface area contributed by atoms with Crippen molar-refractivity contribution in [3.63, 3.8) is 0 Å². The molecular weight excluding hydrogens is 322 g/mol. The fourth-order valence-electron chi connectivity index (χ4n) is 2.14. The Morgan fingerprint density at radius 1 is 1.25 bits per heavy atom.